The van der Waals surface area contributed by atoms with E-state index in [1.165, 1.54) is 11.9 Å². The molecule has 1 aromatic carbocycles. The second-order valence-corrected chi connectivity index (χ2v) is 8.09. The summed E-state index contributed by atoms with van der Waals surface area (Å²) in [6.45, 7) is 2.56. The molecule has 30 heavy (non-hydrogen) atoms. The van der Waals surface area contributed by atoms with Crippen LogP contribution in [0.3, 0.4) is 0 Å². The maximum absolute atomic E-state index is 13.0. The summed E-state index contributed by atoms with van der Waals surface area (Å²) in [5, 5.41) is 0. The van der Waals surface area contributed by atoms with Gasteiger partial charge in [-0.05, 0) is 36.5 Å². The summed E-state index contributed by atoms with van der Waals surface area (Å²) >= 11 is 0. The Morgan fingerprint density at radius 1 is 1.13 bits per heavy atom. The maximum Gasteiger partial charge on any atom is 0.333 e. The summed E-state index contributed by atoms with van der Waals surface area (Å²) in [6.07, 6.45) is 1.45. The Hall–Kier alpha value is -3.07. The molecule has 0 bridgehead atoms. The minimum atomic E-state index is -0.615. The topological polar surface area (TPSA) is 102 Å². The molecule has 2 saturated heterocycles. The highest BCUT2D eigenvalue weighted by Gasteiger charge is 2.53. The zero-order valence-electron chi connectivity index (χ0n) is 17.3. The highest BCUT2D eigenvalue weighted by molar-refractivity contribution is 6.23. The molecule has 9 nitrogen and oxygen atoms in total. The van der Waals surface area contributed by atoms with Crippen LogP contribution < -0.4 is 5.73 Å². The summed E-state index contributed by atoms with van der Waals surface area (Å²) in [7, 11) is 3.16. The number of benzene rings is 1. The predicted molar refractivity (Wildman–Crippen MR) is 111 cm³/mol. The van der Waals surface area contributed by atoms with Crippen molar-refractivity contribution in [3.05, 3.63) is 35.9 Å². The van der Waals surface area contributed by atoms with Crippen LogP contribution in [0.5, 0.6) is 0 Å². The fraction of sp³-hybridized carbons (Fsp3) is 0.476. The summed E-state index contributed by atoms with van der Waals surface area (Å²) in [4.78, 5) is 46.4. The molecule has 1 aromatic rings. The van der Waals surface area contributed by atoms with Crippen LogP contribution in [0.4, 0.5) is 4.79 Å². The molecule has 2 fully saturated rings. The molecule has 1 atom stereocenters. The van der Waals surface area contributed by atoms with Gasteiger partial charge in [-0.15, -0.1) is 0 Å². The second kappa shape index (κ2) is 7.98. The molecule has 4 amide bonds. The summed E-state index contributed by atoms with van der Waals surface area (Å²) < 4.78 is 1.99. The first-order valence-electron chi connectivity index (χ1n) is 10.2. The van der Waals surface area contributed by atoms with Crippen LogP contribution in [0.1, 0.15) is 18.4 Å². The van der Waals surface area contributed by atoms with Crippen molar-refractivity contribution in [2.75, 3.05) is 33.7 Å². The number of nitrogens with zero attached hydrogens (tertiary/aromatic N) is 5. The SMILES string of the molecule is CN1C(=O)C2C(=NC(CN3CCC(C(N)=O)CC3)=[N+]2Cc2ccccc2)N(C)C1=O. The number of aliphatic imine (C=N–C) groups is 1. The van der Waals surface area contributed by atoms with E-state index in [0.29, 0.717) is 18.9 Å². The van der Waals surface area contributed by atoms with Gasteiger partial charge >= 0.3 is 11.9 Å². The Labute approximate surface area is 175 Å². The number of amidine groups is 2. The third-order valence-corrected chi connectivity index (χ3v) is 6.16. The number of likely N-dealkylation sites (tertiary alicyclic amines) is 1. The van der Waals surface area contributed by atoms with E-state index in [4.69, 9.17) is 10.7 Å². The van der Waals surface area contributed by atoms with E-state index in [1.807, 2.05) is 34.9 Å². The van der Waals surface area contributed by atoms with Gasteiger partial charge in [-0.25, -0.2) is 9.37 Å². The van der Waals surface area contributed by atoms with Gasteiger partial charge in [0.25, 0.3) is 17.8 Å². The third kappa shape index (κ3) is 3.60. The third-order valence-electron chi connectivity index (χ3n) is 6.16. The van der Waals surface area contributed by atoms with Crippen molar-refractivity contribution in [1.29, 1.82) is 0 Å². The molecule has 3 aliphatic rings. The van der Waals surface area contributed by atoms with Gasteiger partial charge in [0.1, 0.15) is 13.1 Å². The number of carbonyl (C=O) groups excluding carboxylic acids is 3. The molecule has 0 aromatic heterocycles. The van der Waals surface area contributed by atoms with Gasteiger partial charge in [-0.3, -0.25) is 24.3 Å². The van der Waals surface area contributed by atoms with E-state index in [2.05, 4.69) is 4.90 Å². The molecule has 2 N–H and O–H groups in total. The summed E-state index contributed by atoms with van der Waals surface area (Å²) in [5.74, 6) is 0.646. The molecular formula is C21H27N6O3+. The predicted octanol–water partition coefficient (Wildman–Crippen LogP) is 0.0994. The average molecular weight is 411 g/mol. The maximum atomic E-state index is 13.0. The van der Waals surface area contributed by atoms with E-state index < -0.39 is 6.04 Å². The molecule has 3 heterocycles. The van der Waals surface area contributed by atoms with Crippen molar-refractivity contribution in [2.45, 2.75) is 25.4 Å². The molecule has 158 valence electrons. The van der Waals surface area contributed by atoms with Crippen LogP contribution in [0.25, 0.3) is 0 Å². The van der Waals surface area contributed by atoms with Crippen LogP contribution in [-0.2, 0) is 16.1 Å². The fourth-order valence-electron chi connectivity index (χ4n) is 4.31. The highest BCUT2D eigenvalue weighted by atomic mass is 16.2. The van der Waals surface area contributed by atoms with Crippen molar-refractivity contribution in [2.24, 2.45) is 16.6 Å². The van der Waals surface area contributed by atoms with Gasteiger partial charge < -0.3 is 5.73 Å². The largest absolute Gasteiger partial charge is 0.369 e. The summed E-state index contributed by atoms with van der Waals surface area (Å²) in [6, 6.07) is 8.92. The fourth-order valence-corrected chi connectivity index (χ4v) is 4.31. The smallest absolute Gasteiger partial charge is 0.333 e. The first-order valence-corrected chi connectivity index (χ1v) is 10.2. The number of rotatable bonds is 5. The molecule has 4 rings (SSSR count). The van der Waals surface area contributed by atoms with E-state index in [1.54, 1.807) is 7.05 Å². The first-order chi connectivity index (χ1) is 14.4. The Morgan fingerprint density at radius 2 is 1.80 bits per heavy atom. The number of imide groups is 1. The quantitative estimate of drug-likeness (QED) is 0.694. The molecule has 3 aliphatic heterocycles. The summed E-state index contributed by atoms with van der Waals surface area (Å²) in [5.41, 5.74) is 6.51. The average Bonchev–Trinajstić information content (AvgIpc) is 3.10. The highest BCUT2D eigenvalue weighted by Crippen LogP contribution is 2.22. The minimum Gasteiger partial charge on any atom is -0.369 e. The van der Waals surface area contributed by atoms with Gasteiger partial charge in [0.2, 0.25) is 5.91 Å². The number of piperidine rings is 1. The van der Waals surface area contributed by atoms with Crippen LogP contribution >= 0.6 is 0 Å². The minimum absolute atomic E-state index is 0.0804. The van der Waals surface area contributed by atoms with Crippen molar-refractivity contribution < 1.29 is 19.0 Å². The first kappa shape index (κ1) is 20.2. The van der Waals surface area contributed by atoms with E-state index in [-0.39, 0.29) is 23.8 Å². The lowest BCUT2D eigenvalue weighted by Crippen LogP contribution is -2.61. The van der Waals surface area contributed by atoms with Gasteiger partial charge in [0.05, 0.1) is 0 Å². The zero-order chi connectivity index (χ0) is 21.4. The lowest BCUT2D eigenvalue weighted by molar-refractivity contribution is -0.552. The number of amides is 4. The number of urea groups is 1. The normalized spacial score (nSPS) is 23.1. The Morgan fingerprint density at radius 3 is 2.43 bits per heavy atom. The van der Waals surface area contributed by atoms with Gasteiger partial charge in [-0.2, -0.15) is 0 Å². The van der Waals surface area contributed by atoms with Crippen molar-refractivity contribution in [3.8, 4) is 0 Å². The second-order valence-electron chi connectivity index (χ2n) is 8.09. The number of hydrogen-bond acceptors (Lipinski definition) is 5. The number of fused-ring (bicyclic) bond motifs is 1. The Bertz CT molecular complexity index is 933. The molecule has 0 spiro atoms. The standard InChI is InChI=1S/C21H26N6O3/c1-24-19-17(20(29)25(2)21(24)30)27(12-14-6-4-3-5-7-14)16(23-19)13-26-10-8-15(9-11-26)18(22)28/h3-7,15,17H,8-13H2,1-2H3,(H-,22,28)/p+1. The van der Waals surface area contributed by atoms with Crippen molar-refractivity contribution in [1.82, 2.24) is 14.7 Å². The monoisotopic (exact) mass is 411 g/mol. The molecule has 9 heteroatoms. The number of carbonyl (C=O) groups is 3. The van der Waals surface area contributed by atoms with Crippen LogP contribution in [-0.4, -0.2) is 88.6 Å². The number of nitrogens with two attached hydrogens (primary N) is 1. The van der Waals surface area contributed by atoms with Crippen LogP contribution in [0, 0.1) is 5.92 Å². The molecule has 1 unspecified atom stereocenters. The molecule has 0 radical (unpaired) electrons. The van der Waals surface area contributed by atoms with Crippen molar-refractivity contribution >= 4 is 29.5 Å². The van der Waals surface area contributed by atoms with Crippen LogP contribution in [0.15, 0.2) is 35.3 Å². The number of hydrogen-bond donors (Lipinski definition) is 1. The number of likely N-dealkylation sites (N-methyl/N-ethyl adjacent to an activating group) is 2. The van der Waals surface area contributed by atoms with Gasteiger partial charge in [-0.1, -0.05) is 30.3 Å². The van der Waals surface area contributed by atoms with Gasteiger partial charge in [0, 0.05) is 20.0 Å². The molecule has 0 saturated carbocycles. The molecular weight excluding hydrogens is 384 g/mol. The Balaban J connectivity index is 1.63. The molecule has 0 aliphatic carbocycles. The van der Waals surface area contributed by atoms with Gasteiger partial charge in [0.15, 0.2) is 0 Å². The van der Waals surface area contributed by atoms with E-state index >= 15 is 0 Å². The van der Waals surface area contributed by atoms with E-state index in [9.17, 15) is 14.4 Å². The lowest BCUT2D eigenvalue weighted by atomic mass is 9.96. The lowest BCUT2D eigenvalue weighted by Gasteiger charge is -2.31. The number of primary amides is 1. The van der Waals surface area contributed by atoms with Crippen LogP contribution in [0.2, 0.25) is 0 Å². The van der Waals surface area contributed by atoms with Crippen molar-refractivity contribution in [3.63, 3.8) is 0 Å². The zero-order valence-corrected chi connectivity index (χ0v) is 17.3. The van der Waals surface area contributed by atoms with E-state index in [0.717, 1.165) is 42.2 Å². The Kier molecular flexibility index (Phi) is 5.38.